The van der Waals surface area contributed by atoms with Gasteiger partial charge < -0.3 is 15.6 Å². The first-order valence-corrected chi connectivity index (χ1v) is 6.95. The van der Waals surface area contributed by atoms with E-state index in [9.17, 15) is 4.79 Å². The van der Waals surface area contributed by atoms with Crippen molar-refractivity contribution in [2.45, 2.75) is 38.8 Å². The van der Waals surface area contributed by atoms with Gasteiger partial charge in [-0.05, 0) is 32.5 Å². The van der Waals surface area contributed by atoms with Crippen LogP contribution in [0.5, 0.6) is 0 Å². The number of primary amides is 1. The molecule has 1 aromatic carbocycles. The first-order valence-electron chi connectivity index (χ1n) is 6.95. The van der Waals surface area contributed by atoms with Gasteiger partial charge in [-0.1, -0.05) is 19.1 Å². The molecule has 108 valence electrons. The van der Waals surface area contributed by atoms with Crippen LogP contribution < -0.4 is 11.1 Å². The monoisotopic (exact) mass is 274 g/mol. The van der Waals surface area contributed by atoms with Crippen molar-refractivity contribution in [3.05, 3.63) is 30.1 Å². The van der Waals surface area contributed by atoms with Crippen molar-refractivity contribution < 1.29 is 4.79 Å². The van der Waals surface area contributed by atoms with E-state index in [-0.39, 0.29) is 5.91 Å². The number of nitrogens with two attached hydrogens (primary N) is 1. The molecule has 1 heterocycles. The molecule has 2 rings (SSSR count). The molecule has 20 heavy (non-hydrogen) atoms. The zero-order chi connectivity index (χ0) is 14.8. The second-order valence-corrected chi connectivity index (χ2v) is 5.30. The van der Waals surface area contributed by atoms with E-state index in [1.54, 1.807) is 7.05 Å². The zero-order valence-electron chi connectivity index (χ0n) is 12.3. The van der Waals surface area contributed by atoms with Gasteiger partial charge in [0.05, 0.1) is 17.6 Å². The van der Waals surface area contributed by atoms with Gasteiger partial charge in [0.25, 0.3) is 0 Å². The molecule has 2 aromatic rings. The molecule has 5 heteroatoms. The van der Waals surface area contributed by atoms with Crippen LogP contribution in [0, 0.1) is 0 Å². The van der Waals surface area contributed by atoms with Crippen LogP contribution in [-0.2, 0) is 17.8 Å². The maximum absolute atomic E-state index is 11.7. The molecule has 5 nitrogen and oxygen atoms in total. The molecule has 0 aliphatic carbocycles. The third-order valence-corrected chi connectivity index (χ3v) is 3.78. The molecule has 0 fully saturated rings. The summed E-state index contributed by atoms with van der Waals surface area (Å²) in [7, 11) is 1.75. The molecule has 1 atom stereocenters. The fourth-order valence-electron chi connectivity index (χ4n) is 2.31. The predicted molar refractivity (Wildman–Crippen MR) is 80.4 cm³/mol. The summed E-state index contributed by atoms with van der Waals surface area (Å²) in [4.78, 5) is 16.4. The Morgan fingerprint density at radius 2 is 2.15 bits per heavy atom. The number of hydrogen-bond donors (Lipinski definition) is 2. The van der Waals surface area contributed by atoms with Gasteiger partial charge in [-0.2, -0.15) is 0 Å². The molecular weight excluding hydrogens is 252 g/mol. The van der Waals surface area contributed by atoms with Gasteiger partial charge in [0.1, 0.15) is 11.4 Å². The van der Waals surface area contributed by atoms with E-state index in [4.69, 9.17) is 5.73 Å². The first-order chi connectivity index (χ1) is 9.51. The number of likely N-dealkylation sites (N-methyl/N-ethyl adjacent to an activating group) is 1. The van der Waals surface area contributed by atoms with Crippen LogP contribution in [0.1, 0.15) is 26.1 Å². The summed E-state index contributed by atoms with van der Waals surface area (Å²) in [6.07, 6.45) is 1.89. The summed E-state index contributed by atoms with van der Waals surface area (Å²) < 4.78 is 2.10. The fourth-order valence-corrected chi connectivity index (χ4v) is 2.31. The number of aryl methyl sites for hydroxylation is 1. The molecule has 0 saturated carbocycles. The van der Waals surface area contributed by atoms with Crippen LogP contribution in [0.15, 0.2) is 24.3 Å². The number of hydrogen-bond acceptors (Lipinski definition) is 3. The lowest BCUT2D eigenvalue weighted by molar-refractivity contribution is -0.124. The lowest BCUT2D eigenvalue weighted by atomic mass is 10.0. The predicted octanol–water partition coefficient (Wildman–Crippen LogP) is 1.45. The number of benzene rings is 1. The summed E-state index contributed by atoms with van der Waals surface area (Å²) in [5.41, 5.74) is 6.74. The molecule has 1 amide bonds. The number of carbonyl (C=O) groups excluding carboxylic acids is 1. The summed E-state index contributed by atoms with van der Waals surface area (Å²) in [6, 6.07) is 7.97. The number of aromatic nitrogens is 2. The molecule has 0 aliphatic heterocycles. The Bertz CT molecular complexity index is 619. The Morgan fingerprint density at radius 3 is 2.75 bits per heavy atom. The number of nitrogens with zero attached hydrogens (tertiary/aromatic N) is 2. The van der Waals surface area contributed by atoms with Gasteiger partial charge >= 0.3 is 0 Å². The van der Waals surface area contributed by atoms with E-state index in [2.05, 4.69) is 21.8 Å². The van der Waals surface area contributed by atoms with Crippen LogP contribution in [0.2, 0.25) is 0 Å². The Hall–Kier alpha value is -1.88. The SMILES string of the molecule is CCCc1nc2ccccc2n1CC(C)(NC)C(N)=O. The van der Waals surface area contributed by atoms with Crippen molar-refractivity contribution in [1.29, 1.82) is 0 Å². The van der Waals surface area contributed by atoms with E-state index in [1.165, 1.54) is 0 Å². The first kappa shape index (κ1) is 14.5. The van der Waals surface area contributed by atoms with Crippen molar-refractivity contribution in [3.8, 4) is 0 Å². The second-order valence-electron chi connectivity index (χ2n) is 5.30. The van der Waals surface area contributed by atoms with Gasteiger partial charge in [-0.25, -0.2) is 4.98 Å². The molecule has 3 N–H and O–H groups in total. The normalized spacial score (nSPS) is 14.3. The van der Waals surface area contributed by atoms with Gasteiger partial charge in [0, 0.05) is 6.42 Å². The molecule has 1 unspecified atom stereocenters. The lowest BCUT2D eigenvalue weighted by Crippen LogP contribution is -2.54. The summed E-state index contributed by atoms with van der Waals surface area (Å²) in [6.45, 7) is 4.42. The average molecular weight is 274 g/mol. The largest absolute Gasteiger partial charge is 0.368 e. The maximum atomic E-state index is 11.7. The van der Waals surface area contributed by atoms with Crippen LogP contribution in [-0.4, -0.2) is 28.0 Å². The van der Waals surface area contributed by atoms with E-state index in [0.717, 1.165) is 29.7 Å². The van der Waals surface area contributed by atoms with Crippen LogP contribution >= 0.6 is 0 Å². The third-order valence-electron chi connectivity index (χ3n) is 3.78. The topological polar surface area (TPSA) is 72.9 Å². The van der Waals surface area contributed by atoms with Crippen LogP contribution in [0.4, 0.5) is 0 Å². The number of amides is 1. The number of rotatable bonds is 6. The van der Waals surface area contributed by atoms with Gasteiger partial charge in [-0.3, -0.25) is 4.79 Å². The van der Waals surface area contributed by atoms with Crippen molar-refractivity contribution in [1.82, 2.24) is 14.9 Å². The number of carbonyl (C=O) groups is 1. The lowest BCUT2D eigenvalue weighted by Gasteiger charge is -2.27. The minimum absolute atomic E-state index is 0.361. The van der Waals surface area contributed by atoms with E-state index >= 15 is 0 Å². The summed E-state index contributed by atoms with van der Waals surface area (Å²) in [5, 5.41) is 3.03. The van der Waals surface area contributed by atoms with E-state index in [1.807, 2.05) is 31.2 Å². The van der Waals surface area contributed by atoms with Gasteiger partial charge in [0.15, 0.2) is 0 Å². The molecule has 1 aromatic heterocycles. The Kier molecular flexibility index (Phi) is 4.09. The number of fused-ring (bicyclic) bond motifs is 1. The minimum atomic E-state index is -0.786. The number of nitrogens with one attached hydrogen (secondary N) is 1. The fraction of sp³-hybridized carbons (Fsp3) is 0.467. The van der Waals surface area contributed by atoms with Crippen LogP contribution in [0.3, 0.4) is 0 Å². The summed E-state index contributed by atoms with van der Waals surface area (Å²) in [5.74, 6) is 0.636. The maximum Gasteiger partial charge on any atom is 0.239 e. The van der Waals surface area contributed by atoms with Crippen molar-refractivity contribution in [2.24, 2.45) is 5.73 Å². The highest BCUT2D eigenvalue weighted by atomic mass is 16.1. The van der Waals surface area contributed by atoms with Gasteiger partial charge in [0.2, 0.25) is 5.91 Å². The highest BCUT2D eigenvalue weighted by Crippen LogP contribution is 2.20. The highest BCUT2D eigenvalue weighted by molar-refractivity contribution is 5.84. The van der Waals surface area contributed by atoms with E-state index < -0.39 is 5.54 Å². The zero-order valence-corrected chi connectivity index (χ0v) is 12.3. The van der Waals surface area contributed by atoms with Crippen molar-refractivity contribution in [2.75, 3.05) is 7.05 Å². The van der Waals surface area contributed by atoms with Crippen molar-refractivity contribution >= 4 is 16.9 Å². The Labute approximate surface area is 119 Å². The molecule has 0 aliphatic rings. The summed E-state index contributed by atoms with van der Waals surface area (Å²) >= 11 is 0. The van der Waals surface area contributed by atoms with Crippen LogP contribution in [0.25, 0.3) is 11.0 Å². The second kappa shape index (κ2) is 5.63. The molecular formula is C15H22N4O. The quantitative estimate of drug-likeness (QED) is 0.837. The van der Waals surface area contributed by atoms with Crippen molar-refractivity contribution in [3.63, 3.8) is 0 Å². The average Bonchev–Trinajstić information content (AvgIpc) is 2.77. The third kappa shape index (κ3) is 2.54. The minimum Gasteiger partial charge on any atom is -0.368 e. The highest BCUT2D eigenvalue weighted by Gasteiger charge is 2.31. The molecule has 0 spiro atoms. The molecule has 0 saturated heterocycles. The number of imidazole rings is 1. The van der Waals surface area contributed by atoms with Gasteiger partial charge in [-0.15, -0.1) is 0 Å². The Morgan fingerprint density at radius 1 is 1.45 bits per heavy atom. The standard InChI is InChI=1S/C15H22N4O/c1-4-7-13-18-11-8-5-6-9-12(11)19(13)10-15(2,17-3)14(16)20/h5-6,8-9,17H,4,7,10H2,1-3H3,(H2,16,20). The number of para-hydroxylation sites is 2. The smallest absolute Gasteiger partial charge is 0.239 e. The Balaban J connectivity index is 2.51. The molecule has 0 bridgehead atoms. The molecule has 0 radical (unpaired) electrons. The van der Waals surface area contributed by atoms with E-state index in [0.29, 0.717) is 6.54 Å².